The topological polar surface area (TPSA) is 95.9 Å². The van der Waals surface area contributed by atoms with Crippen LogP contribution in [0.5, 0.6) is 0 Å². The largest absolute Gasteiger partial charge is 0.466 e. The summed E-state index contributed by atoms with van der Waals surface area (Å²) in [6.07, 6.45) is 69.8. The summed E-state index contributed by atoms with van der Waals surface area (Å²) in [6.45, 7) is 4.91. The fourth-order valence-corrected chi connectivity index (χ4v) is 9.81. The van der Waals surface area contributed by atoms with Gasteiger partial charge in [-0.3, -0.25) is 9.59 Å². The van der Waals surface area contributed by atoms with Gasteiger partial charge in [0.25, 0.3) is 0 Å². The molecular weight excluding hydrogens is 839 g/mol. The molecule has 0 heterocycles. The monoisotopic (exact) mass is 960 g/mol. The fourth-order valence-electron chi connectivity index (χ4n) is 9.81. The van der Waals surface area contributed by atoms with Crippen molar-refractivity contribution in [1.29, 1.82) is 0 Å². The van der Waals surface area contributed by atoms with Crippen LogP contribution in [0.2, 0.25) is 0 Å². The predicted octanol–water partition coefficient (Wildman–Crippen LogP) is 19.2. The number of ether oxygens (including phenoxy) is 1. The SMILES string of the molecule is CCCCCCCCCC/C=C/C(O)C(CO)NC(=O)CCCCCCCCCCCCCCCCCCCCCCCCCOC(=O)CCCCCCCCCCCCCCCCCCCC. The van der Waals surface area contributed by atoms with Gasteiger partial charge in [0.15, 0.2) is 0 Å². The molecule has 0 bridgehead atoms. The zero-order valence-corrected chi connectivity index (χ0v) is 46.1. The maximum Gasteiger partial charge on any atom is 0.305 e. The average Bonchev–Trinajstić information content (AvgIpc) is 3.34. The van der Waals surface area contributed by atoms with Crippen molar-refractivity contribution in [2.45, 2.75) is 360 Å². The number of aliphatic hydroxyl groups excluding tert-OH is 2. The van der Waals surface area contributed by atoms with Gasteiger partial charge in [-0.05, 0) is 32.1 Å². The number of hydrogen-bond donors (Lipinski definition) is 3. The molecule has 0 spiro atoms. The van der Waals surface area contributed by atoms with Crippen LogP contribution in [0.25, 0.3) is 0 Å². The van der Waals surface area contributed by atoms with E-state index >= 15 is 0 Å². The first-order chi connectivity index (χ1) is 33.5. The van der Waals surface area contributed by atoms with E-state index in [1.165, 1.54) is 283 Å². The Hall–Kier alpha value is -1.40. The molecule has 0 aromatic carbocycles. The molecule has 0 saturated carbocycles. The second-order valence-electron chi connectivity index (χ2n) is 21.4. The molecule has 404 valence electrons. The van der Waals surface area contributed by atoms with Crippen LogP contribution in [0.4, 0.5) is 0 Å². The minimum atomic E-state index is -0.841. The number of amides is 1. The molecule has 0 aliphatic carbocycles. The van der Waals surface area contributed by atoms with E-state index in [0.29, 0.717) is 19.4 Å². The maximum absolute atomic E-state index is 12.4. The zero-order chi connectivity index (χ0) is 49.3. The summed E-state index contributed by atoms with van der Waals surface area (Å²) in [5.74, 6) is -0.0492. The maximum atomic E-state index is 12.4. The van der Waals surface area contributed by atoms with Crippen molar-refractivity contribution in [2.75, 3.05) is 13.2 Å². The van der Waals surface area contributed by atoms with Crippen molar-refractivity contribution >= 4 is 11.9 Å². The molecule has 6 heteroatoms. The Labute approximate surface area is 425 Å². The lowest BCUT2D eigenvalue weighted by atomic mass is 10.0. The van der Waals surface area contributed by atoms with Crippen molar-refractivity contribution in [1.82, 2.24) is 5.32 Å². The van der Waals surface area contributed by atoms with E-state index in [-0.39, 0.29) is 18.5 Å². The van der Waals surface area contributed by atoms with Crippen molar-refractivity contribution in [3.63, 3.8) is 0 Å². The molecule has 2 unspecified atom stereocenters. The first-order valence-corrected chi connectivity index (χ1v) is 31.0. The molecule has 0 radical (unpaired) electrons. The van der Waals surface area contributed by atoms with E-state index in [4.69, 9.17) is 4.74 Å². The third-order valence-electron chi connectivity index (χ3n) is 14.6. The molecule has 0 aliphatic heterocycles. The van der Waals surface area contributed by atoms with Crippen molar-refractivity contribution < 1.29 is 24.5 Å². The van der Waals surface area contributed by atoms with Crippen LogP contribution in [0.15, 0.2) is 12.2 Å². The second-order valence-corrected chi connectivity index (χ2v) is 21.4. The van der Waals surface area contributed by atoms with Crippen LogP contribution in [-0.4, -0.2) is 47.4 Å². The van der Waals surface area contributed by atoms with Gasteiger partial charge < -0.3 is 20.3 Å². The van der Waals surface area contributed by atoms with Gasteiger partial charge in [0.2, 0.25) is 5.91 Å². The van der Waals surface area contributed by atoms with E-state index < -0.39 is 12.1 Å². The minimum Gasteiger partial charge on any atom is -0.466 e. The Morgan fingerprint density at radius 3 is 1.00 bits per heavy atom. The molecule has 2 atom stereocenters. The summed E-state index contributed by atoms with van der Waals surface area (Å²) < 4.78 is 5.50. The highest BCUT2D eigenvalue weighted by Gasteiger charge is 2.18. The lowest BCUT2D eigenvalue weighted by Gasteiger charge is -2.20. The number of unbranched alkanes of at least 4 members (excludes halogenated alkanes) is 47. The second kappa shape index (κ2) is 58.2. The lowest BCUT2D eigenvalue weighted by Crippen LogP contribution is -2.45. The molecule has 6 nitrogen and oxygen atoms in total. The van der Waals surface area contributed by atoms with Gasteiger partial charge in [-0.2, -0.15) is 0 Å². The number of hydrogen-bond acceptors (Lipinski definition) is 5. The molecule has 0 aliphatic rings. The number of esters is 1. The predicted molar refractivity (Wildman–Crippen MR) is 297 cm³/mol. The van der Waals surface area contributed by atoms with Gasteiger partial charge in [0, 0.05) is 12.8 Å². The Morgan fingerprint density at radius 1 is 0.397 bits per heavy atom. The van der Waals surface area contributed by atoms with Gasteiger partial charge in [0.05, 0.1) is 25.4 Å². The molecular formula is C62H121NO5. The third-order valence-corrected chi connectivity index (χ3v) is 14.6. The quantitative estimate of drug-likeness (QED) is 0.0321. The third kappa shape index (κ3) is 53.9. The van der Waals surface area contributed by atoms with Gasteiger partial charge in [0.1, 0.15) is 0 Å². The molecule has 68 heavy (non-hydrogen) atoms. The van der Waals surface area contributed by atoms with Crippen LogP contribution >= 0.6 is 0 Å². The summed E-state index contributed by atoms with van der Waals surface area (Å²) in [6, 6.07) is -0.625. The molecule has 0 aromatic heterocycles. The average molecular weight is 961 g/mol. The van der Waals surface area contributed by atoms with Crippen molar-refractivity contribution in [2.24, 2.45) is 0 Å². The smallest absolute Gasteiger partial charge is 0.305 e. The molecule has 3 N–H and O–H groups in total. The summed E-state index contributed by atoms with van der Waals surface area (Å²) in [5.41, 5.74) is 0. The van der Waals surface area contributed by atoms with E-state index in [1.807, 2.05) is 6.08 Å². The van der Waals surface area contributed by atoms with E-state index in [0.717, 1.165) is 38.5 Å². The highest BCUT2D eigenvalue weighted by Crippen LogP contribution is 2.18. The van der Waals surface area contributed by atoms with E-state index in [9.17, 15) is 19.8 Å². The Balaban J connectivity index is 3.33. The van der Waals surface area contributed by atoms with Gasteiger partial charge in [-0.1, -0.05) is 315 Å². The first kappa shape index (κ1) is 66.6. The molecule has 0 saturated heterocycles. The Morgan fingerprint density at radius 2 is 0.676 bits per heavy atom. The molecule has 0 aromatic rings. The Kier molecular flexibility index (Phi) is 57.0. The summed E-state index contributed by atoms with van der Waals surface area (Å²) >= 11 is 0. The number of aliphatic hydroxyl groups is 2. The summed E-state index contributed by atoms with van der Waals surface area (Å²) in [7, 11) is 0. The van der Waals surface area contributed by atoms with Crippen LogP contribution in [0, 0.1) is 0 Å². The van der Waals surface area contributed by atoms with Crippen molar-refractivity contribution in [3.05, 3.63) is 12.2 Å². The number of rotatable bonds is 58. The van der Waals surface area contributed by atoms with Crippen LogP contribution in [-0.2, 0) is 14.3 Å². The van der Waals surface area contributed by atoms with Crippen LogP contribution < -0.4 is 5.32 Å². The van der Waals surface area contributed by atoms with Crippen LogP contribution in [0.1, 0.15) is 348 Å². The zero-order valence-electron chi connectivity index (χ0n) is 46.1. The van der Waals surface area contributed by atoms with E-state index in [2.05, 4.69) is 19.2 Å². The number of nitrogens with one attached hydrogen (secondary N) is 1. The molecule has 0 rings (SSSR count). The lowest BCUT2D eigenvalue weighted by molar-refractivity contribution is -0.143. The highest BCUT2D eigenvalue weighted by atomic mass is 16.5. The fraction of sp³-hybridized carbons (Fsp3) is 0.935. The van der Waals surface area contributed by atoms with Gasteiger partial charge >= 0.3 is 5.97 Å². The number of allylic oxidation sites excluding steroid dienone is 1. The summed E-state index contributed by atoms with van der Waals surface area (Å²) in [5, 5.41) is 23.0. The molecule has 1 amide bonds. The first-order valence-electron chi connectivity index (χ1n) is 31.0. The minimum absolute atomic E-state index is 0.0187. The molecule has 0 fully saturated rings. The van der Waals surface area contributed by atoms with E-state index in [1.54, 1.807) is 6.08 Å². The number of carbonyl (C=O) groups excluding carboxylic acids is 2. The highest BCUT2D eigenvalue weighted by molar-refractivity contribution is 5.76. The van der Waals surface area contributed by atoms with Crippen LogP contribution in [0.3, 0.4) is 0 Å². The van der Waals surface area contributed by atoms with Gasteiger partial charge in [-0.15, -0.1) is 0 Å². The normalized spacial score (nSPS) is 12.6. The number of carbonyl (C=O) groups is 2. The standard InChI is InChI=1S/C62H121NO5/c1-3-5-7-9-11-13-15-16-17-18-27-30-33-36-40-44-48-52-56-62(67)68-57-53-49-45-41-37-34-31-28-25-23-21-19-20-22-24-26-29-32-35-39-43-47-51-55-61(66)63-59(58-64)60(65)54-50-46-42-38-14-12-10-8-6-4-2/h50,54,59-60,64-65H,3-49,51-53,55-58H2,1-2H3,(H,63,66)/b54-50+. The Bertz CT molecular complexity index is 1020. The van der Waals surface area contributed by atoms with Crippen molar-refractivity contribution in [3.8, 4) is 0 Å². The summed E-state index contributed by atoms with van der Waals surface area (Å²) in [4.78, 5) is 24.5. The van der Waals surface area contributed by atoms with Gasteiger partial charge in [-0.25, -0.2) is 0 Å².